The van der Waals surface area contributed by atoms with Gasteiger partial charge in [0.1, 0.15) is 5.69 Å². The molecule has 0 fully saturated rings. The molecule has 0 amide bonds. The Kier molecular flexibility index (Phi) is 2.37. The minimum absolute atomic E-state index is 0.138. The van der Waals surface area contributed by atoms with Crippen molar-refractivity contribution in [1.82, 2.24) is 9.97 Å². The van der Waals surface area contributed by atoms with Crippen molar-refractivity contribution in [2.75, 3.05) is 0 Å². The van der Waals surface area contributed by atoms with Crippen LogP contribution in [-0.4, -0.2) is 9.97 Å². The highest BCUT2D eigenvalue weighted by Gasteiger charge is 2.04. The molecule has 15 heavy (non-hydrogen) atoms. The van der Waals surface area contributed by atoms with E-state index >= 15 is 0 Å². The molecule has 0 aliphatic heterocycles. The first-order valence-electron chi connectivity index (χ1n) is 4.80. The van der Waals surface area contributed by atoms with Crippen molar-refractivity contribution in [2.45, 2.75) is 13.8 Å². The monoisotopic (exact) mass is 200 g/mol. The van der Waals surface area contributed by atoms with Crippen LogP contribution in [0.5, 0.6) is 0 Å². The summed E-state index contributed by atoms with van der Waals surface area (Å²) in [6.07, 6.45) is 1.67. The second kappa shape index (κ2) is 3.69. The molecule has 1 N–H and O–H groups in total. The summed E-state index contributed by atoms with van der Waals surface area (Å²) >= 11 is 0. The maximum Gasteiger partial charge on any atom is 0.274 e. The van der Waals surface area contributed by atoms with Crippen LogP contribution in [0.25, 0.3) is 11.3 Å². The molecule has 0 aliphatic rings. The Morgan fingerprint density at radius 3 is 2.73 bits per heavy atom. The lowest BCUT2D eigenvalue weighted by Gasteiger charge is -2.01. The van der Waals surface area contributed by atoms with Gasteiger partial charge in [-0.25, -0.2) is 4.98 Å². The van der Waals surface area contributed by atoms with E-state index in [-0.39, 0.29) is 5.56 Å². The first kappa shape index (κ1) is 9.65. The fourth-order valence-electron chi connectivity index (χ4n) is 1.49. The topological polar surface area (TPSA) is 45.8 Å². The number of aryl methyl sites for hydroxylation is 2. The second-order valence-corrected chi connectivity index (χ2v) is 3.61. The maximum atomic E-state index is 11.6. The molecule has 1 aromatic heterocycles. The van der Waals surface area contributed by atoms with Crippen molar-refractivity contribution in [3.63, 3.8) is 0 Å². The molecule has 0 aliphatic carbocycles. The first-order chi connectivity index (χ1) is 7.16. The van der Waals surface area contributed by atoms with Crippen molar-refractivity contribution in [1.29, 1.82) is 0 Å². The molecule has 1 heterocycles. The number of nitrogens with one attached hydrogen (secondary N) is 1. The zero-order chi connectivity index (χ0) is 10.8. The summed E-state index contributed by atoms with van der Waals surface area (Å²) in [6.45, 7) is 3.81. The van der Waals surface area contributed by atoms with E-state index in [9.17, 15) is 4.79 Å². The number of aromatic amines is 1. The lowest BCUT2D eigenvalue weighted by Crippen LogP contribution is -2.11. The van der Waals surface area contributed by atoms with Gasteiger partial charge in [-0.3, -0.25) is 4.79 Å². The Bertz CT molecular complexity index is 543. The third kappa shape index (κ3) is 1.96. The van der Waals surface area contributed by atoms with Crippen LogP contribution in [0, 0.1) is 13.8 Å². The number of nitrogens with zero attached hydrogens (tertiary/aromatic N) is 1. The lowest BCUT2D eigenvalue weighted by atomic mass is 10.1. The summed E-state index contributed by atoms with van der Waals surface area (Å²) < 4.78 is 0. The molecule has 0 spiro atoms. The van der Waals surface area contributed by atoms with Crippen LogP contribution in [0.2, 0.25) is 0 Å². The van der Waals surface area contributed by atoms with Crippen LogP contribution in [0.15, 0.2) is 35.3 Å². The van der Waals surface area contributed by atoms with E-state index in [0.29, 0.717) is 5.69 Å². The molecule has 2 rings (SSSR count). The van der Waals surface area contributed by atoms with Crippen LogP contribution >= 0.6 is 0 Å². The lowest BCUT2D eigenvalue weighted by molar-refractivity contribution is 1.07. The largest absolute Gasteiger partial charge is 0.323 e. The minimum atomic E-state index is -0.138. The normalized spacial score (nSPS) is 10.3. The summed E-state index contributed by atoms with van der Waals surface area (Å²) in [7, 11) is 0. The van der Waals surface area contributed by atoms with E-state index < -0.39 is 0 Å². The summed E-state index contributed by atoms with van der Waals surface area (Å²) in [5.41, 5.74) is 3.09. The van der Waals surface area contributed by atoms with Crippen LogP contribution in [-0.2, 0) is 0 Å². The molecule has 0 bridgehead atoms. The van der Waals surface area contributed by atoms with Gasteiger partial charge in [-0.15, -0.1) is 0 Å². The molecular formula is C12H12N2O. The molecule has 0 saturated carbocycles. The standard InChI is InChI=1S/C12H12N2O/c1-8-4-3-5-10(6-8)11-12(15)14-9(2)7-13-11/h3-7H,1-2H3,(H,14,15). The maximum absolute atomic E-state index is 11.6. The fraction of sp³-hybridized carbons (Fsp3) is 0.167. The van der Waals surface area contributed by atoms with E-state index in [1.54, 1.807) is 6.20 Å². The van der Waals surface area contributed by atoms with Crippen molar-refractivity contribution < 1.29 is 0 Å². The van der Waals surface area contributed by atoms with E-state index in [0.717, 1.165) is 16.8 Å². The summed E-state index contributed by atoms with van der Waals surface area (Å²) in [6, 6.07) is 7.75. The molecule has 0 unspecified atom stereocenters. The van der Waals surface area contributed by atoms with Gasteiger partial charge >= 0.3 is 0 Å². The van der Waals surface area contributed by atoms with E-state index in [4.69, 9.17) is 0 Å². The third-order valence-corrected chi connectivity index (χ3v) is 2.20. The average molecular weight is 200 g/mol. The number of rotatable bonds is 1. The molecule has 1 aromatic carbocycles. The number of hydrogen-bond acceptors (Lipinski definition) is 2. The number of aromatic nitrogens is 2. The van der Waals surface area contributed by atoms with Crippen molar-refractivity contribution in [3.8, 4) is 11.3 Å². The van der Waals surface area contributed by atoms with Crippen molar-refractivity contribution in [3.05, 3.63) is 52.1 Å². The predicted octanol–water partition coefficient (Wildman–Crippen LogP) is 2.05. The van der Waals surface area contributed by atoms with Crippen LogP contribution in [0.3, 0.4) is 0 Å². The van der Waals surface area contributed by atoms with Gasteiger partial charge < -0.3 is 4.98 Å². The minimum Gasteiger partial charge on any atom is -0.323 e. The molecule has 0 radical (unpaired) electrons. The number of benzene rings is 1. The van der Waals surface area contributed by atoms with Crippen molar-refractivity contribution in [2.24, 2.45) is 0 Å². The Labute approximate surface area is 87.8 Å². The van der Waals surface area contributed by atoms with Gasteiger partial charge in [-0.05, 0) is 19.9 Å². The first-order valence-corrected chi connectivity index (χ1v) is 4.80. The Morgan fingerprint density at radius 2 is 2.07 bits per heavy atom. The summed E-state index contributed by atoms with van der Waals surface area (Å²) in [5, 5.41) is 0. The Hall–Kier alpha value is -1.90. The van der Waals surface area contributed by atoms with Gasteiger partial charge in [0.25, 0.3) is 5.56 Å². The summed E-state index contributed by atoms with van der Waals surface area (Å²) in [4.78, 5) is 18.5. The average Bonchev–Trinajstić information content (AvgIpc) is 2.17. The Morgan fingerprint density at radius 1 is 1.27 bits per heavy atom. The molecule has 0 saturated heterocycles. The van der Waals surface area contributed by atoms with Crippen molar-refractivity contribution >= 4 is 0 Å². The number of H-pyrrole nitrogens is 1. The van der Waals surface area contributed by atoms with Crippen LogP contribution < -0.4 is 5.56 Å². The third-order valence-electron chi connectivity index (χ3n) is 2.20. The zero-order valence-electron chi connectivity index (χ0n) is 8.74. The second-order valence-electron chi connectivity index (χ2n) is 3.61. The highest BCUT2D eigenvalue weighted by molar-refractivity contribution is 5.58. The molecule has 3 heteroatoms. The quantitative estimate of drug-likeness (QED) is 0.765. The molecule has 0 atom stereocenters. The van der Waals surface area contributed by atoms with E-state index in [1.165, 1.54) is 0 Å². The highest BCUT2D eigenvalue weighted by Crippen LogP contribution is 2.13. The molecular weight excluding hydrogens is 188 g/mol. The van der Waals surface area contributed by atoms with Gasteiger partial charge in [0.05, 0.1) is 0 Å². The fourth-order valence-corrected chi connectivity index (χ4v) is 1.49. The van der Waals surface area contributed by atoms with E-state index in [1.807, 2.05) is 38.1 Å². The van der Waals surface area contributed by atoms with Gasteiger partial charge in [0, 0.05) is 17.5 Å². The number of hydrogen-bond donors (Lipinski definition) is 1. The van der Waals surface area contributed by atoms with Gasteiger partial charge in [0.2, 0.25) is 0 Å². The Balaban J connectivity index is 2.59. The van der Waals surface area contributed by atoms with E-state index in [2.05, 4.69) is 9.97 Å². The zero-order valence-corrected chi connectivity index (χ0v) is 8.74. The summed E-state index contributed by atoms with van der Waals surface area (Å²) in [5.74, 6) is 0. The molecule has 76 valence electrons. The molecule has 2 aromatic rings. The molecule has 3 nitrogen and oxygen atoms in total. The van der Waals surface area contributed by atoms with Gasteiger partial charge in [-0.1, -0.05) is 23.8 Å². The van der Waals surface area contributed by atoms with Gasteiger partial charge in [0.15, 0.2) is 0 Å². The predicted molar refractivity (Wildman–Crippen MR) is 59.8 cm³/mol. The van der Waals surface area contributed by atoms with Crippen LogP contribution in [0.4, 0.5) is 0 Å². The SMILES string of the molecule is Cc1cccc(-c2ncc(C)[nH]c2=O)c1. The van der Waals surface area contributed by atoms with Crippen LogP contribution in [0.1, 0.15) is 11.3 Å². The highest BCUT2D eigenvalue weighted by atomic mass is 16.1. The van der Waals surface area contributed by atoms with Gasteiger partial charge in [-0.2, -0.15) is 0 Å². The smallest absolute Gasteiger partial charge is 0.274 e.